The Balaban J connectivity index is 2.77. The van der Waals surface area contributed by atoms with Gasteiger partial charge < -0.3 is 9.15 Å². The van der Waals surface area contributed by atoms with Gasteiger partial charge in [-0.1, -0.05) is 0 Å². The summed E-state index contributed by atoms with van der Waals surface area (Å²) in [6.07, 6.45) is 0.0187. The molecule has 0 radical (unpaired) electrons. The van der Waals surface area contributed by atoms with Crippen LogP contribution in [-0.2, 0) is 6.42 Å². The topological polar surface area (TPSA) is 63.2 Å². The van der Waals surface area contributed by atoms with Gasteiger partial charge in [-0.25, -0.2) is 4.79 Å². The lowest BCUT2D eigenvalue weighted by molar-refractivity contribution is 0.414. The van der Waals surface area contributed by atoms with Crippen molar-refractivity contribution in [3.05, 3.63) is 38.7 Å². The minimum atomic E-state index is -0.501. The Morgan fingerprint density at radius 3 is 2.94 bits per heavy atom. The number of nitriles is 1. The number of methoxy groups -OCH3 is 1. The molecule has 0 N–H and O–H groups in total. The first-order valence-electron chi connectivity index (χ1n) is 4.83. The molecule has 4 nitrogen and oxygen atoms in total. The molecular formula is C12H8BrNO3. The standard InChI is InChI=1S/C12H8BrNO3/c1-16-7-2-3-8-10(6-7)17-12(15)9(4-5-14)11(8)13/h2-3,6H,4H2,1H3. The van der Waals surface area contributed by atoms with Gasteiger partial charge in [0.1, 0.15) is 11.3 Å². The molecule has 86 valence electrons. The number of rotatable bonds is 2. The average Bonchev–Trinajstić information content (AvgIpc) is 2.33. The van der Waals surface area contributed by atoms with Crippen molar-refractivity contribution in [1.82, 2.24) is 0 Å². The number of halogens is 1. The second-order valence-electron chi connectivity index (χ2n) is 3.38. The molecule has 0 fully saturated rings. The fourth-order valence-electron chi connectivity index (χ4n) is 1.54. The van der Waals surface area contributed by atoms with Gasteiger partial charge >= 0.3 is 5.63 Å². The molecular weight excluding hydrogens is 286 g/mol. The van der Waals surface area contributed by atoms with E-state index in [1.54, 1.807) is 25.3 Å². The predicted molar refractivity (Wildman–Crippen MR) is 66.1 cm³/mol. The van der Waals surface area contributed by atoms with Gasteiger partial charge in [0.05, 0.1) is 25.2 Å². The largest absolute Gasteiger partial charge is 0.497 e. The molecule has 0 amide bonds. The average molecular weight is 294 g/mol. The van der Waals surface area contributed by atoms with Crippen LogP contribution < -0.4 is 10.4 Å². The van der Waals surface area contributed by atoms with Crippen LogP contribution in [0.2, 0.25) is 0 Å². The van der Waals surface area contributed by atoms with Crippen LogP contribution in [0.5, 0.6) is 5.75 Å². The molecule has 0 saturated heterocycles. The zero-order chi connectivity index (χ0) is 12.4. The predicted octanol–water partition coefficient (Wildman–Crippen LogP) is 2.63. The highest BCUT2D eigenvalue weighted by molar-refractivity contribution is 9.10. The van der Waals surface area contributed by atoms with Crippen LogP contribution in [0.4, 0.5) is 0 Å². The fourth-order valence-corrected chi connectivity index (χ4v) is 2.17. The number of hydrogen-bond donors (Lipinski definition) is 0. The summed E-state index contributed by atoms with van der Waals surface area (Å²) in [5.41, 5.74) is 0.271. The molecule has 1 heterocycles. The van der Waals surface area contributed by atoms with Crippen molar-refractivity contribution in [1.29, 1.82) is 5.26 Å². The van der Waals surface area contributed by atoms with Crippen LogP contribution >= 0.6 is 15.9 Å². The molecule has 5 heteroatoms. The maximum absolute atomic E-state index is 11.7. The van der Waals surface area contributed by atoms with Gasteiger partial charge in [-0.3, -0.25) is 0 Å². The second kappa shape index (κ2) is 4.60. The number of fused-ring (bicyclic) bond motifs is 1. The molecule has 0 aliphatic rings. The highest BCUT2D eigenvalue weighted by Crippen LogP contribution is 2.28. The van der Waals surface area contributed by atoms with Crippen LogP contribution in [0.25, 0.3) is 11.0 Å². The van der Waals surface area contributed by atoms with E-state index in [2.05, 4.69) is 15.9 Å². The smallest absolute Gasteiger partial charge is 0.341 e. The van der Waals surface area contributed by atoms with E-state index in [0.29, 0.717) is 21.4 Å². The first kappa shape index (κ1) is 11.7. The summed E-state index contributed by atoms with van der Waals surface area (Å²) in [5.74, 6) is 0.612. The Bertz CT molecular complexity index is 670. The molecule has 0 spiro atoms. The van der Waals surface area contributed by atoms with E-state index in [4.69, 9.17) is 14.4 Å². The first-order chi connectivity index (χ1) is 8.17. The van der Waals surface area contributed by atoms with E-state index >= 15 is 0 Å². The molecule has 0 bridgehead atoms. The van der Waals surface area contributed by atoms with Crippen molar-refractivity contribution in [2.45, 2.75) is 6.42 Å². The summed E-state index contributed by atoms with van der Waals surface area (Å²) in [5, 5.41) is 9.40. The van der Waals surface area contributed by atoms with Crippen molar-refractivity contribution >= 4 is 26.9 Å². The van der Waals surface area contributed by atoms with E-state index in [0.717, 1.165) is 5.39 Å². The zero-order valence-corrected chi connectivity index (χ0v) is 10.6. The minimum Gasteiger partial charge on any atom is -0.497 e. The Morgan fingerprint density at radius 1 is 1.53 bits per heavy atom. The second-order valence-corrected chi connectivity index (χ2v) is 4.17. The third-order valence-electron chi connectivity index (χ3n) is 2.40. The molecule has 0 aliphatic heterocycles. The lowest BCUT2D eigenvalue weighted by atomic mass is 10.1. The fraction of sp³-hybridized carbons (Fsp3) is 0.167. The molecule has 0 atom stereocenters. The van der Waals surface area contributed by atoms with Gasteiger partial charge in [0.15, 0.2) is 0 Å². The zero-order valence-electron chi connectivity index (χ0n) is 8.99. The van der Waals surface area contributed by atoms with E-state index in [1.165, 1.54) is 0 Å². The Kier molecular flexibility index (Phi) is 3.16. The highest BCUT2D eigenvalue weighted by atomic mass is 79.9. The number of nitrogens with zero attached hydrogens (tertiary/aromatic N) is 1. The molecule has 2 rings (SSSR count). The lowest BCUT2D eigenvalue weighted by Gasteiger charge is -2.05. The Labute approximate surface area is 106 Å². The van der Waals surface area contributed by atoms with Crippen molar-refractivity contribution in [3.8, 4) is 11.8 Å². The first-order valence-corrected chi connectivity index (χ1v) is 5.63. The SMILES string of the molecule is COc1ccc2c(Br)c(CC#N)c(=O)oc2c1. The molecule has 1 aromatic carbocycles. The summed E-state index contributed by atoms with van der Waals surface area (Å²) < 4.78 is 10.8. The number of hydrogen-bond acceptors (Lipinski definition) is 4. The Hall–Kier alpha value is -1.80. The van der Waals surface area contributed by atoms with Gasteiger partial charge in [0, 0.05) is 15.9 Å². The molecule has 0 unspecified atom stereocenters. The maximum atomic E-state index is 11.7. The monoisotopic (exact) mass is 293 g/mol. The lowest BCUT2D eigenvalue weighted by Crippen LogP contribution is -2.07. The molecule has 0 aliphatic carbocycles. The summed E-state index contributed by atoms with van der Waals surface area (Å²) in [7, 11) is 1.54. The van der Waals surface area contributed by atoms with E-state index in [9.17, 15) is 4.79 Å². The molecule has 17 heavy (non-hydrogen) atoms. The van der Waals surface area contributed by atoms with Gasteiger partial charge in [-0.2, -0.15) is 5.26 Å². The van der Waals surface area contributed by atoms with Crippen molar-refractivity contribution in [2.24, 2.45) is 0 Å². The van der Waals surface area contributed by atoms with Gasteiger partial charge in [-0.05, 0) is 28.1 Å². The van der Waals surface area contributed by atoms with Gasteiger partial charge in [0.25, 0.3) is 0 Å². The van der Waals surface area contributed by atoms with Crippen molar-refractivity contribution in [3.63, 3.8) is 0 Å². The summed E-state index contributed by atoms with van der Waals surface area (Å²) in [4.78, 5) is 11.7. The third kappa shape index (κ3) is 2.04. The summed E-state index contributed by atoms with van der Waals surface area (Å²) >= 11 is 3.33. The van der Waals surface area contributed by atoms with Crippen LogP contribution in [0.1, 0.15) is 5.56 Å². The van der Waals surface area contributed by atoms with Crippen molar-refractivity contribution < 1.29 is 9.15 Å². The molecule has 1 aromatic heterocycles. The van der Waals surface area contributed by atoms with Gasteiger partial charge in [-0.15, -0.1) is 0 Å². The van der Waals surface area contributed by atoms with E-state index < -0.39 is 5.63 Å². The number of benzene rings is 1. The van der Waals surface area contributed by atoms with Crippen molar-refractivity contribution in [2.75, 3.05) is 7.11 Å². The van der Waals surface area contributed by atoms with E-state index in [-0.39, 0.29) is 6.42 Å². The Morgan fingerprint density at radius 2 is 2.29 bits per heavy atom. The van der Waals surface area contributed by atoms with Crippen LogP contribution in [0.3, 0.4) is 0 Å². The summed E-state index contributed by atoms with van der Waals surface area (Å²) in [6, 6.07) is 7.12. The highest BCUT2D eigenvalue weighted by Gasteiger charge is 2.12. The minimum absolute atomic E-state index is 0.0187. The summed E-state index contributed by atoms with van der Waals surface area (Å²) in [6.45, 7) is 0. The number of ether oxygens (including phenoxy) is 1. The third-order valence-corrected chi connectivity index (χ3v) is 3.30. The quantitative estimate of drug-likeness (QED) is 0.799. The molecule has 0 saturated carbocycles. The normalized spacial score (nSPS) is 10.2. The van der Waals surface area contributed by atoms with Crippen LogP contribution in [0.15, 0.2) is 31.9 Å². The molecule has 2 aromatic rings. The van der Waals surface area contributed by atoms with Crippen LogP contribution in [0, 0.1) is 11.3 Å². The van der Waals surface area contributed by atoms with E-state index in [1.807, 2.05) is 6.07 Å². The van der Waals surface area contributed by atoms with Crippen LogP contribution in [-0.4, -0.2) is 7.11 Å². The van der Waals surface area contributed by atoms with Gasteiger partial charge in [0.2, 0.25) is 0 Å². The maximum Gasteiger partial charge on any atom is 0.341 e.